The van der Waals surface area contributed by atoms with Crippen LogP contribution in [0.1, 0.15) is 72.0 Å². The van der Waals surface area contributed by atoms with E-state index in [1.54, 1.807) is 0 Å². The molecule has 4 heterocycles. The molecule has 0 spiro atoms. The molecule has 0 atom stereocenters. The molecule has 12 aromatic rings. The van der Waals surface area contributed by atoms with E-state index in [-0.39, 0.29) is 48.6 Å². The normalized spacial score (nSPS) is 13.6. The van der Waals surface area contributed by atoms with Crippen molar-refractivity contribution in [2.45, 2.75) is 66.1 Å². The molecule has 0 unspecified atom stereocenters. The Labute approximate surface area is 468 Å². The van der Waals surface area contributed by atoms with E-state index in [1.807, 2.05) is 71.4 Å². The smallest absolute Gasteiger partial charge is 0.268 e. The molecule has 9 aromatic carbocycles. The SMILES string of the molecule is [2H]C([2H])([2H])c1cccc(C([2H])([2H])[2H])c1-c1ccc2c(c1)-c1cccc(-c3ccc(C(C)(C)C)cc3)c1-[n+]1[c-]n(-c3[c-]c(Oc4[c-]c5c(cc4)c4ccccc4n5-c4cc(C(C)(C)C)ccn4)ccc3)c3cccc(c31)-c1ccccc1-2.[Pt]. The third-order valence-electron chi connectivity index (χ3n) is 14.8. The maximum atomic E-state index is 8.65. The Morgan fingerprint density at radius 2 is 1.14 bits per heavy atom. The van der Waals surface area contributed by atoms with Gasteiger partial charge in [0.1, 0.15) is 5.82 Å². The van der Waals surface area contributed by atoms with Gasteiger partial charge < -0.3 is 13.9 Å². The number of hydrogen-bond donors (Lipinski definition) is 0. The number of hydrogen-bond acceptors (Lipinski definition) is 2. The van der Waals surface area contributed by atoms with E-state index in [0.717, 1.165) is 88.9 Å². The summed E-state index contributed by atoms with van der Waals surface area (Å²) in [6, 6.07) is 69.8. The number of ether oxygens (including phenoxy) is 1. The molecule has 0 radical (unpaired) electrons. The van der Waals surface area contributed by atoms with E-state index in [4.69, 9.17) is 17.9 Å². The number of nitrogens with zero attached hydrogens (tertiary/aromatic N) is 4. The molecule has 0 saturated heterocycles. The Morgan fingerprint density at radius 1 is 0.513 bits per heavy atom. The molecule has 0 aliphatic carbocycles. The van der Waals surface area contributed by atoms with Crippen LogP contribution in [0, 0.1) is 32.2 Å². The van der Waals surface area contributed by atoms with Crippen LogP contribution in [0.15, 0.2) is 194 Å². The standard InChI is InChI=1S/C70H56N4O.Pt/c1-44-17-13-18-45(2)66(44)47-31-35-56-54-21-9-10-22-55(54)59-26-16-28-63-68(59)73(67-53(24-15-25-60(67)61(56)39-47)46-29-32-48(33-30-46)69(3,4)5)43-72(63)50-19-14-20-51(41-50)75-52-34-36-58-57-23-11-12-27-62(57)74(64(58)42-52)65-40-49(37-38-71-65)70(6,7)8;/h9-40H,1-8H3;/q-2;/i1D3,2D3;. The first-order valence-electron chi connectivity index (χ1n) is 28.5. The van der Waals surface area contributed by atoms with Crippen molar-refractivity contribution in [1.82, 2.24) is 14.1 Å². The summed E-state index contributed by atoms with van der Waals surface area (Å²) in [4.78, 5) is 4.88. The van der Waals surface area contributed by atoms with E-state index in [1.165, 1.54) is 29.3 Å². The second kappa shape index (κ2) is 18.6. The van der Waals surface area contributed by atoms with E-state index < -0.39 is 13.7 Å². The number of aromatic nitrogens is 4. The van der Waals surface area contributed by atoms with Crippen LogP contribution in [0.25, 0.3) is 106 Å². The third kappa shape index (κ3) is 8.20. The van der Waals surface area contributed by atoms with Gasteiger partial charge in [-0.1, -0.05) is 181 Å². The molecule has 13 rings (SSSR count). The molecule has 1 aliphatic rings. The summed E-state index contributed by atoms with van der Waals surface area (Å²) in [6.07, 6.45) is 5.74. The molecule has 0 N–H and O–H groups in total. The van der Waals surface area contributed by atoms with Gasteiger partial charge in [-0.3, -0.25) is 4.57 Å². The molecule has 3 aromatic heterocycles. The van der Waals surface area contributed by atoms with Crippen molar-refractivity contribution in [3.05, 3.63) is 235 Å². The van der Waals surface area contributed by atoms with Gasteiger partial charge in [0.25, 0.3) is 6.33 Å². The van der Waals surface area contributed by atoms with Gasteiger partial charge in [0, 0.05) is 52.5 Å². The minimum Gasteiger partial charge on any atom is -0.510 e. The number of fused-ring (bicyclic) bond motifs is 10. The van der Waals surface area contributed by atoms with Crippen molar-refractivity contribution in [2.75, 3.05) is 0 Å². The first-order valence-corrected chi connectivity index (χ1v) is 25.5. The maximum Gasteiger partial charge on any atom is 0.268 e. The topological polar surface area (TPSA) is 35.9 Å². The van der Waals surface area contributed by atoms with Crippen LogP contribution in [0.3, 0.4) is 0 Å². The fraction of sp³-hybridized carbons (Fsp3) is 0.143. The second-order valence-corrected chi connectivity index (χ2v) is 21.6. The summed E-state index contributed by atoms with van der Waals surface area (Å²) in [6.45, 7) is 8.04. The fourth-order valence-electron chi connectivity index (χ4n) is 11.0. The molecule has 1 aliphatic heterocycles. The minimum atomic E-state index is -2.60. The number of para-hydroxylation sites is 3. The van der Waals surface area contributed by atoms with E-state index in [0.29, 0.717) is 22.7 Å². The maximum absolute atomic E-state index is 8.65. The van der Waals surface area contributed by atoms with Crippen LogP contribution in [-0.4, -0.2) is 14.1 Å². The predicted octanol–water partition coefficient (Wildman–Crippen LogP) is 17.4. The molecule has 0 fully saturated rings. The van der Waals surface area contributed by atoms with Crippen LogP contribution in [-0.2, 0) is 31.9 Å². The van der Waals surface area contributed by atoms with Crippen molar-refractivity contribution in [1.29, 1.82) is 0 Å². The molecular formula is C70H56N4OPt-2. The number of pyridine rings is 1. The Balaban J connectivity index is 0.00000665. The number of aryl methyl sites for hydroxylation is 2. The molecule has 0 bridgehead atoms. The Kier molecular flexibility index (Phi) is 10.3. The second-order valence-electron chi connectivity index (χ2n) is 21.6. The summed E-state index contributed by atoms with van der Waals surface area (Å²) >= 11 is 0. The van der Waals surface area contributed by atoms with Gasteiger partial charge in [-0.15, -0.1) is 29.7 Å². The zero-order chi connectivity index (χ0) is 56.3. The van der Waals surface area contributed by atoms with E-state index >= 15 is 0 Å². The van der Waals surface area contributed by atoms with E-state index in [9.17, 15) is 0 Å². The van der Waals surface area contributed by atoms with Gasteiger partial charge in [-0.25, -0.2) is 4.98 Å². The van der Waals surface area contributed by atoms with Crippen LogP contribution in [0.5, 0.6) is 11.5 Å². The molecule has 0 amide bonds. The summed E-state index contributed by atoms with van der Waals surface area (Å²) in [7, 11) is 0. The third-order valence-corrected chi connectivity index (χ3v) is 14.8. The molecule has 374 valence electrons. The number of rotatable bonds is 6. The Morgan fingerprint density at radius 3 is 1.92 bits per heavy atom. The molecular weight excluding hydrogens is 1110 g/mol. The zero-order valence-electron chi connectivity index (χ0n) is 49.0. The first-order chi connectivity index (χ1) is 38.7. The van der Waals surface area contributed by atoms with Crippen LogP contribution >= 0.6 is 0 Å². The molecule has 5 nitrogen and oxygen atoms in total. The Bertz CT molecular complexity index is 4470. The average molecular weight is 1170 g/mol. The van der Waals surface area contributed by atoms with Crippen LogP contribution in [0.4, 0.5) is 0 Å². The van der Waals surface area contributed by atoms with Gasteiger partial charge in [-0.05, 0) is 138 Å². The van der Waals surface area contributed by atoms with Gasteiger partial charge in [0.2, 0.25) is 0 Å². The zero-order valence-corrected chi connectivity index (χ0v) is 45.3. The number of benzene rings is 9. The minimum absolute atomic E-state index is 0. The van der Waals surface area contributed by atoms with Gasteiger partial charge in [0.15, 0.2) is 0 Å². The average Bonchev–Trinajstić information content (AvgIpc) is 4.06. The van der Waals surface area contributed by atoms with Gasteiger partial charge in [-0.2, -0.15) is 18.2 Å². The van der Waals surface area contributed by atoms with E-state index in [2.05, 4.69) is 178 Å². The predicted molar refractivity (Wildman–Crippen MR) is 308 cm³/mol. The van der Waals surface area contributed by atoms with Crippen LogP contribution in [0.2, 0.25) is 0 Å². The molecule has 76 heavy (non-hydrogen) atoms. The Hall–Kier alpha value is -8.11. The summed E-state index contributed by atoms with van der Waals surface area (Å²) in [5, 5.41) is 2.13. The van der Waals surface area contributed by atoms with Crippen molar-refractivity contribution in [3.63, 3.8) is 0 Å². The van der Waals surface area contributed by atoms with Gasteiger partial charge >= 0.3 is 0 Å². The summed E-state index contributed by atoms with van der Waals surface area (Å²) in [5.41, 5.74) is 15.3. The molecule has 6 heteroatoms. The summed E-state index contributed by atoms with van der Waals surface area (Å²) in [5.74, 6) is 1.81. The first kappa shape index (κ1) is 42.2. The van der Waals surface area contributed by atoms with Crippen LogP contribution < -0.4 is 9.30 Å². The number of imidazole rings is 1. The van der Waals surface area contributed by atoms with Gasteiger partial charge in [0.05, 0.1) is 16.7 Å². The monoisotopic (exact) mass is 1170 g/mol. The quantitative estimate of drug-likeness (QED) is 0.123. The fourth-order valence-corrected chi connectivity index (χ4v) is 11.0. The summed E-state index contributed by atoms with van der Waals surface area (Å²) < 4.78 is 65.0. The molecule has 0 saturated carbocycles. The van der Waals surface area contributed by atoms with Crippen molar-refractivity contribution < 1.29 is 38.6 Å². The van der Waals surface area contributed by atoms with Crippen molar-refractivity contribution >= 4 is 32.8 Å². The van der Waals surface area contributed by atoms with Crippen molar-refractivity contribution in [2.24, 2.45) is 0 Å². The van der Waals surface area contributed by atoms with Crippen molar-refractivity contribution in [3.8, 4) is 84.3 Å². The largest absolute Gasteiger partial charge is 0.510 e.